The van der Waals surface area contributed by atoms with Crippen LogP contribution in [0.25, 0.3) is 0 Å². The van der Waals surface area contributed by atoms with Gasteiger partial charge in [-0.2, -0.15) is 13.2 Å². The highest BCUT2D eigenvalue weighted by Gasteiger charge is 2.32. The molecular formula is C13H16F3NO2. The van der Waals surface area contributed by atoms with E-state index < -0.39 is 29.4 Å². The lowest BCUT2D eigenvalue weighted by molar-refractivity contribution is -0.156. The van der Waals surface area contributed by atoms with E-state index >= 15 is 0 Å². The van der Waals surface area contributed by atoms with Gasteiger partial charge in [-0.05, 0) is 38.5 Å². The lowest BCUT2D eigenvalue weighted by atomic mass is 10.0. The molecule has 0 bridgehead atoms. The second-order valence-corrected chi connectivity index (χ2v) is 5.13. The van der Waals surface area contributed by atoms with Crippen molar-refractivity contribution in [1.29, 1.82) is 0 Å². The molecule has 2 N–H and O–H groups in total. The van der Waals surface area contributed by atoms with E-state index in [-0.39, 0.29) is 5.56 Å². The van der Waals surface area contributed by atoms with Crippen molar-refractivity contribution in [2.75, 3.05) is 0 Å². The van der Waals surface area contributed by atoms with Gasteiger partial charge in [0.15, 0.2) is 0 Å². The highest BCUT2D eigenvalue weighted by atomic mass is 19.4. The van der Waals surface area contributed by atoms with Crippen molar-refractivity contribution in [3.8, 4) is 0 Å². The van der Waals surface area contributed by atoms with Gasteiger partial charge in [-0.1, -0.05) is 12.1 Å². The topological polar surface area (TPSA) is 52.3 Å². The number of alkyl halides is 3. The van der Waals surface area contributed by atoms with Crippen molar-refractivity contribution in [3.63, 3.8) is 0 Å². The Morgan fingerprint density at radius 2 is 1.84 bits per heavy atom. The zero-order valence-corrected chi connectivity index (χ0v) is 10.9. The predicted molar refractivity (Wildman–Crippen MR) is 64.2 cm³/mol. The smallest absolute Gasteiger partial charge is 0.416 e. The molecule has 1 aromatic carbocycles. The average Bonchev–Trinajstić information content (AvgIpc) is 2.24. The molecule has 0 radical (unpaired) electrons. The van der Waals surface area contributed by atoms with Gasteiger partial charge in [0.2, 0.25) is 0 Å². The number of esters is 1. The second-order valence-electron chi connectivity index (χ2n) is 5.13. The first kappa shape index (κ1) is 15.5. The molecule has 0 spiro atoms. The molecule has 0 heterocycles. The predicted octanol–water partition coefficient (Wildman–Crippen LogP) is 3.05. The summed E-state index contributed by atoms with van der Waals surface area (Å²) in [7, 11) is 0. The van der Waals surface area contributed by atoms with Crippen molar-refractivity contribution in [1.82, 2.24) is 0 Å². The molecular weight excluding hydrogens is 259 g/mol. The van der Waals surface area contributed by atoms with Gasteiger partial charge in [0.1, 0.15) is 11.6 Å². The summed E-state index contributed by atoms with van der Waals surface area (Å²) in [6.07, 6.45) is -4.47. The Kier molecular flexibility index (Phi) is 4.25. The molecule has 6 heteroatoms. The normalized spacial score (nSPS) is 14.1. The van der Waals surface area contributed by atoms with Gasteiger partial charge in [-0.15, -0.1) is 0 Å². The molecule has 0 fully saturated rings. The summed E-state index contributed by atoms with van der Waals surface area (Å²) in [6, 6.07) is 3.12. The first-order valence-corrected chi connectivity index (χ1v) is 5.66. The van der Waals surface area contributed by atoms with Crippen LogP contribution in [-0.2, 0) is 15.7 Å². The zero-order valence-electron chi connectivity index (χ0n) is 10.9. The van der Waals surface area contributed by atoms with Gasteiger partial charge >= 0.3 is 12.1 Å². The first-order chi connectivity index (χ1) is 8.50. The monoisotopic (exact) mass is 275 g/mol. The van der Waals surface area contributed by atoms with Crippen LogP contribution in [0.2, 0.25) is 0 Å². The maximum Gasteiger partial charge on any atom is 0.416 e. The van der Waals surface area contributed by atoms with Gasteiger partial charge in [0, 0.05) is 0 Å². The molecule has 0 saturated heterocycles. The molecule has 19 heavy (non-hydrogen) atoms. The van der Waals surface area contributed by atoms with Gasteiger partial charge in [-0.25, -0.2) is 4.79 Å². The second kappa shape index (κ2) is 5.21. The van der Waals surface area contributed by atoms with Gasteiger partial charge < -0.3 is 10.5 Å². The summed E-state index contributed by atoms with van der Waals surface area (Å²) in [5.74, 6) is -0.758. The first-order valence-electron chi connectivity index (χ1n) is 5.66. The number of carbonyl (C=O) groups is 1. The number of benzene rings is 1. The number of nitrogens with two attached hydrogens (primary N) is 1. The van der Waals surface area contributed by atoms with E-state index in [9.17, 15) is 18.0 Å². The summed E-state index contributed by atoms with van der Waals surface area (Å²) in [4.78, 5) is 11.7. The number of halogens is 3. The highest BCUT2D eigenvalue weighted by molar-refractivity contribution is 5.77. The molecule has 106 valence electrons. The summed E-state index contributed by atoms with van der Waals surface area (Å²) >= 11 is 0. The Bertz CT molecular complexity index is 464. The lowest BCUT2D eigenvalue weighted by Gasteiger charge is -2.22. The Morgan fingerprint density at radius 1 is 1.26 bits per heavy atom. The number of carbonyl (C=O) groups excluding carboxylic acids is 1. The SMILES string of the molecule is CC(C)(C)OC(=O)C(N)c1cccc(C(F)(F)F)c1. The minimum absolute atomic E-state index is 0.0732. The Labute approximate surface area is 109 Å². The third kappa shape index (κ3) is 4.55. The van der Waals surface area contributed by atoms with E-state index in [1.165, 1.54) is 12.1 Å². The largest absolute Gasteiger partial charge is 0.459 e. The van der Waals surface area contributed by atoms with Gasteiger partial charge in [0.05, 0.1) is 5.56 Å². The molecule has 0 amide bonds. The highest BCUT2D eigenvalue weighted by Crippen LogP contribution is 2.30. The molecule has 0 aliphatic rings. The molecule has 0 aromatic heterocycles. The van der Waals surface area contributed by atoms with E-state index in [4.69, 9.17) is 10.5 Å². The van der Waals surface area contributed by atoms with Crippen LogP contribution in [0, 0.1) is 0 Å². The van der Waals surface area contributed by atoms with Crippen molar-refractivity contribution in [3.05, 3.63) is 35.4 Å². The summed E-state index contributed by atoms with van der Waals surface area (Å²) in [5.41, 5.74) is 4.11. The fourth-order valence-corrected chi connectivity index (χ4v) is 1.41. The Balaban J connectivity index is 2.95. The lowest BCUT2D eigenvalue weighted by Crippen LogP contribution is -2.31. The number of rotatable bonds is 2. The zero-order chi connectivity index (χ0) is 14.8. The van der Waals surface area contributed by atoms with Crippen LogP contribution in [0.1, 0.15) is 37.9 Å². The molecule has 1 unspecified atom stereocenters. The summed E-state index contributed by atoms with van der Waals surface area (Å²) in [5, 5.41) is 0. The fourth-order valence-electron chi connectivity index (χ4n) is 1.41. The van der Waals surface area contributed by atoms with Crippen LogP contribution in [-0.4, -0.2) is 11.6 Å². The van der Waals surface area contributed by atoms with E-state index in [1.54, 1.807) is 20.8 Å². The van der Waals surface area contributed by atoms with Crippen molar-refractivity contribution >= 4 is 5.97 Å². The van der Waals surface area contributed by atoms with Crippen LogP contribution in [0.4, 0.5) is 13.2 Å². The van der Waals surface area contributed by atoms with E-state index in [1.807, 2.05) is 0 Å². The molecule has 3 nitrogen and oxygen atoms in total. The molecule has 0 aliphatic carbocycles. The van der Waals surface area contributed by atoms with Gasteiger partial charge in [0.25, 0.3) is 0 Å². The average molecular weight is 275 g/mol. The molecule has 1 aromatic rings. The third-order valence-electron chi connectivity index (χ3n) is 2.23. The van der Waals surface area contributed by atoms with Crippen LogP contribution < -0.4 is 5.73 Å². The minimum Gasteiger partial charge on any atom is -0.459 e. The van der Waals surface area contributed by atoms with Crippen LogP contribution in [0.15, 0.2) is 24.3 Å². The van der Waals surface area contributed by atoms with E-state index in [0.717, 1.165) is 12.1 Å². The quantitative estimate of drug-likeness (QED) is 0.844. The molecule has 0 saturated carbocycles. The third-order valence-corrected chi connectivity index (χ3v) is 2.23. The number of ether oxygens (including phenoxy) is 1. The number of hydrogen-bond acceptors (Lipinski definition) is 3. The number of hydrogen-bond donors (Lipinski definition) is 1. The van der Waals surface area contributed by atoms with Crippen LogP contribution >= 0.6 is 0 Å². The molecule has 1 atom stereocenters. The fraction of sp³-hybridized carbons (Fsp3) is 0.462. The standard InChI is InChI=1S/C13H16F3NO2/c1-12(2,3)19-11(18)10(17)8-5-4-6-9(7-8)13(14,15)16/h4-7,10H,17H2,1-3H3. The van der Waals surface area contributed by atoms with Crippen molar-refractivity contribution in [2.45, 2.75) is 38.6 Å². The van der Waals surface area contributed by atoms with Crippen molar-refractivity contribution in [2.24, 2.45) is 5.73 Å². The maximum atomic E-state index is 12.5. The molecule has 1 rings (SSSR count). The van der Waals surface area contributed by atoms with E-state index in [0.29, 0.717) is 0 Å². The van der Waals surface area contributed by atoms with Crippen LogP contribution in [0.3, 0.4) is 0 Å². The van der Waals surface area contributed by atoms with Crippen LogP contribution in [0.5, 0.6) is 0 Å². The minimum atomic E-state index is -4.47. The Hall–Kier alpha value is -1.56. The van der Waals surface area contributed by atoms with Gasteiger partial charge in [-0.3, -0.25) is 0 Å². The Morgan fingerprint density at radius 3 is 2.32 bits per heavy atom. The summed E-state index contributed by atoms with van der Waals surface area (Å²) in [6.45, 7) is 4.97. The van der Waals surface area contributed by atoms with E-state index in [2.05, 4.69) is 0 Å². The summed E-state index contributed by atoms with van der Waals surface area (Å²) < 4.78 is 42.7. The van der Waals surface area contributed by atoms with Crippen molar-refractivity contribution < 1.29 is 22.7 Å². The molecule has 0 aliphatic heterocycles. The maximum absolute atomic E-state index is 12.5.